The first-order chi connectivity index (χ1) is 11.8. The lowest BCUT2D eigenvalue weighted by atomic mass is 10.1. The van der Waals surface area contributed by atoms with Gasteiger partial charge in [-0.25, -0.2) is 4.68 Å². The summed E-state index contributed by atoms with van der Waals surface area (Å²) in [5.74, 6) is 0.264. The van der Waals surface area contributed by atoms with Crippen molar-refractivity contribution in [1.29, 1.82) is 0 Å². The molecule has 0 bridgehead atoms. The van der Waals surface area contributed by atoms with Crippen molar-refractivity contribution in [3.63, 3.8) is 0 Å². The molecule has 1 fully saturated rings. The topological polar surface area (TPSA) is 50.2 Å². The molecule has 1 aromatic heterocycles. The molecule has 0 aliphatic carbocycles. The Morgan fingerprint density at radius 3 is 2.88 bits per heavy atom. The molecule has 1 unspecified atom stereocenters. The highest BCUT2D eigenvalue weighted by molar-refractivity contribution is 5.78. The van der Waals surface area contributed by atoms with Gasteiger partial charge in [-0.2, -0.15) is 5.10 Å². The molecular weight excluding hydrogens is 300 g/mol. The summed E-state index contributed by atoms with van der Waals surface area (Å²) in [4.78, 5) is 14.2. The SMILES string of the molecule is C=CCNCCC1CCC(=O)N1Cc1ccc(-n2cccn2)cc1. The number of nitrogens with one attached hydrogen (secondary N) is 1. The number of carbonyl (C=O) groups excluding carboxylic acids is 1. The van der Waals surface area contributed by atoms with E-state index in [1.165, 1.54) is 0 Å². The van der Waals surface area contributed by atoms with E-state index in [1.807, 2.05) is 40.1 Å². The Kier molecular flexibility index (Phi) is 5.43. The standard InChI is InChI=1S/C19H24N4O/c1-2-11-20-13-10-17-8-9-19(24)22(17)15-16-4-6-18(7-5-16)23-14-3-12-21-23/h2-7,12,14,17,20H,1,8-11,13,15H2. The van der Waals surface area contributed by atoms with E-state index in [1.54, 1.807) is 6.20 Å². The number of carbonyl (C=O) groups is 1. The van der Waals surface area contributed by atoms with Crippen LogP contribution in [0.5, 0.6) is 0 Å². The fourth-order valence-electron chi connectivity index (χ4n) is 3.16. The van der Waals surface area contributed by atoms with Crippen LogP contribution >= 0.6 is 0 Å². The Balaban J connectivity index is 1.60. The molecular formula is C19H24N4O. The smallest absolute Gasteiger partial charge is 0.223 e. The number of rotatable bonds is 8. The van der Waals surface area contributed by atoms with Crippen molar-refractivity contribution in [1.82, 2.24) is 20.0 Å². The lowest BCUT2D eigenvalue weighted by Crippen LogP contribution is -2.34. The van der Waals surface area contributed by atoms with Crippen molar-refractivity contribution in [2.45, 2.75) is 31.8 Å². The zero-order valence-electron chi connectivity index (χ0n) is 13.9. The Hall–Kier alpha value is -2.40. The fraction of sp³-hybridized carbons (Fsp3) is 0.368. The van der Waals surface area contributed by atoms with Crippen LogP contribution in [0.15, 0.2) is 55.4 Å². The van der Waals surface area contributed by atoms with Crippen LogP contribution in [0.3, 0.4) is 0 Å². The van der Waals surface area contributed by atoms with Crippen molar-refractivity contribution in [2.24, 2.45) is 0 Å². The lowest BCUT2D eigenvalue weighted by Gasteiger charge is -2.25. The largest absolute Gasteiger partial charge is 0.335 e. The van der Waals surface area contributed by atoms with Gasteiger partial charge in [0.2, 0.25) is 5.91 Å². The van der Waals surface area contributed by atoms with Gasteiger partial charge < -0.3 is 10.2 Å². The molecule has 5 heteroatoms. The molecule has 126 valence electrons. The lowest BCUT2D eigenvalue weighted by molar-refractivity contribution is -0.129. The summed E-state index contributed by atoms with van der Waals surface area (Å²) >= 11 is 0. The summed E-state index contributed by atoms with van der Waals surface area (Å²) in [7, 11) is 0. The van der Waals surface area contributed by atoms with Gasteiger partial charge in [-0.1, -0.05) is 18.2 Å². The second-order valence-corrected chi connectivity index (χ2v) is 6.11. The molecule has 0 radical (unpaired) electrons. The molecule has 1 N–H and O–H groups in total. The molecule has 24 heavy (non-hydrogen) atoms. The molecule has 2 aromatic rings. The molecule has 1 amide bonds. The highest BCUT2D eigenvalue weighted by Crippen LogP contribution is 2.24. The van der Waals surface area contributed by atoms with E-state index in [0.717, 1.165) is 37.2 Å². The average Bonchev–Trinajstić information content (AvgIpc) is 3.24. The monoisotopic (exact) mass is 324 g/mol. The van der Waals surface area contributed by atoms with E-state index < -0.39 is 0 Å². The normalized spacial score (nSPS) is 17.4. The summed E-state index contributed by atoms with van der Waals surface area (Å²) in [6, 6.07) is 10.5. The van der Waals surface area contributed by atoms with Crippen LogP contribution in [0.2, 0.25) is 0 Å². The maximum atomic E-state index is 12.2. The van der Waals surface area contributed by atoms with Crippen LogP contribution in [0.25, 0.3) is 5.69 Å². The second kappa shape index (κ2) is 7.93. The summed E-state index contributed by atoms with van der Waals surface area (Å²) < 4.78 is 1.83. The minimum Gasteiger partial charge on any atom is -0.335 e. The second-order valence-electron chi connectivity index (χ2n) is 6.11. The Morgan fingerprint density at radius 2 is 2.17 bits per heavy atom. The van der Waals surface area contributed by atoms with Crippen LogP contribution in [0.1, 0.15) is 24.8 Å². The Bertz CT molecular complexity index is 663. The Labute approximate surface area is 143 Å². The highest BCUT2D eigenvalue weighted by atomic mass is 16.2. The van der Waals surface area contributed by atoms with E-state index in [-0.39, 0.29) is 5.91 Å². The van der Waals surface area contributed by atoms with Crippen LogP contribution in [-0.2, 0) is 11.3 Å². The van der Waals surface area contributed by atoms with Crippen molar-refractivity contribution < 1.29 is 4.79 Å². The molecule has 1 atom stereocenters. The maximum absolute atomic E-state index is 12.2. The average molecular weight is 324 g/mol. The van der Waals surface area contributed by atoms with Gasteiger partial charge in [0.05, 0.1) is 5.69 Å². The van der Waals surface area contributed by atoms with Gasteiger partial charge in [0.15, 0.2) is 0 Å². The van der Waals surface area contributed by atoms with Crippen LogP contribution in [0, 0.1) is 0 Å². The molecule has 0 saturated carbocycles. The highest BCUT2D eigenvalue weighted by Gasteiger charge is 2.30. The van der Waals surface area contributed by atoms with Gasteiger partial charge in [-0.05, 0) is 43.1 Å². The predicted octanol–water partition coefficient (Wildman–Crippen LogP) is 2.53. The quantitative estimate of drug-likeness (QED) is 0.600. The minimum absolute atomic E-state index is 0.264. The van der Waals surface area contributed by atoms with Gasteiger partial charge in [-0.3, -0.25) is 4.79 Å². The molecule has 5 nitrogen and oxygen atoms in total. The number of hydrogen-bond donors (Lipinski definition) is 1. The van der Waals surface area contributed by atoms with Crippen molar-refractivity contribution in [2.75, 3.05) is 13.1 Å². The molecule has 1 saturated heterocycles. The van der Waals surface area contributed by atoms with E-state index in [4.69, 9.17) is 0 Å². The number of hydrogen-bond acceptors (Lipinski definition) is 3. The fourth-order valence-corrected chi connectivity index (χ4v) is 3.16. The molecule has 3 rings (SSSR count). The molecule has 1 aromatic carbocycles. The zero-order chi connectivity index (χ0) is 16.8. The van der Waals surface area contributed by atoms with Gasteiger partial charge in [0, 0.05) is 37.9 Å². The van der Waals surface area contributed by atoms with E-state index >= 15 is 0 Å². The summed E-state index contributed by atoms with van der Waals surface area (Å²) in [6.45, 7) is 6.12. The van der Waals surface area contributed by atoms with E-state index in [9.17, 15) is 4.79 Å². The first kappa shape index (κ1) is 16.5. The van der Waals surface area contributed by atoms with Gasteiger partial charge >= 0.3 is 0 Å². The number of amides is 1. The van der Waals surface area contributed by atoms with E-state index in [0.29, 0.717) is 19.0 Å². The van der Waals surface area contributed by atoms with Crippen LogP contribution in [-0.4, -0.2) is 39.7 Å². The summed E-state index contributed by atoms with van der Waals surface area (Å²) in [5.41, 5.74) is 2.19. The summed E-state index contributed by atoms with van der Waals surface area (Å²) in [6.07, 6.45) is 8.16. The number of likely N-dealkylation sites (tertiary alicyclic amines) is 1. The third-order valence-corrected chi connectivity index (χ3v) is 4.45. The predicted molar refractivity (Wildman–Crippen MR) is 94.8 cm³/mol. The first-order valence-electron chi connectivity index (χ1n) is 8.48. The van der Waals surface area contributed by atoms with Gasteiger partial charge in [0.1, 0.15) is 0 Å². The number of benzene rings is 1. The van der Waals surface area contributed by atoms with Gasteiger partial charge in [-0.15, -0.1) is 6.58 Å². The third-order valence-electron chi connectivity index (χ3n) is 4.45. The zero-order valence-corrected chi connectivity index (χ0v) is 13.9. The summed E-state index contributed by atoms with van der Waals surface area (Å²) in [5, 5.41) is 7.55. The van der Waals surface area contributed by atoms with Crippen LogP contribution < -0.4 is 5.32 Å². The van der Waals surface area contributed by atoms with Crippen molar-refractivity contribution in [3.05, 3.63) is 60.9 Å². The Morgan fingerprint density at radius 1 is 1.33 bits per heavy atom. The van der Waals surface area contributed by atoms with Crippen LogP contribution in [0.4, 0.5) is 0 Å². The third kappa shape index (κ3) is 3.92. The molecule has 2 heterocycles. The molecule has 1 aliphatic heterocycles. The molecule has 0 spiro atoms. The first-order valence-corrected chi connectivity index (χ1v) is 8.48. The maximum Gasteiger partial charge on any atom is 0.223 e. The number of aromatic nitrogens is 2. The molecule has 1 aliphatic rings. The van der Waals surface area contributed by atoms with Gasteiger partial charge in [0.25, 0.3) is 0 Å². The van der Waals surface area contributed by atoms with E-state index in [2.05, 4.69) is 29.1 Å². The minimum atomic E-state index is 0.264. The van der Waals surface area contributed by atoms with Crippen molar-refractivity contribution >= 4 is 5.91 Å². The number of nitrogens with zero attached hydrogens (tertiary/aromatic N) is 3. The van der Waals surface area contributed by atoms with Crippen molar-refractivity contribution in [3.8, 4) is 5.69 Å².